The highest BCUT2D eigenvalue weighted by atomic mass is 32.1. The molecule has 0 radical (unpaired) electrons. The Hall–Kier alpha value is -0.840. The lowest BCUT2D eigenvalue weighted by atomic mass is 10.3. The summed E-state index contributed by atoms with van der Waals surface area (Å²) >= 11 is 1.36. The summed E-state index contributed by atoms with van der Waals surface area (Å²) in [6, 6.07) is 0. The number of thiazole rings is 1. The third kappa shape index (κ3) is 3.49. The van der Waals surface area contributed by atoms with Crippen molar-refractivity contribution < 1.29 is 13.2 Å². The summed E-state index contributed by atoms with van der Waals surface area (Å²) in [7, 11) is 0. The molecule has 0 bridgehead atoms. The zero-order valence-corrected chi connectivity index (χ0v) is 8.45. The Morgan fingerprint density at radius 3 is 2.71 bits per heavy atom. The fourth-order valence-electron chi connectivity index (χ4n) is 0.968. The molecule has 1 aromatic rings. The molecular formula is C9H10F3NS. The van der Waals surface area contributed by atoms with E-state index in [1.807, 2.05) is 13.0 Å². The Labute approximate surface area is 83.6 Å². The van der Waals surface area contributed by atoms with E-state index in [0.29, 0.717) is 5.35 Å². The van der Waals surface area contributed by atoms with Crippen LogP contribution in [0.5, 0.6) is 0 Å². The molecule has 0 amide bonds. The Morgan fingerprint density at radius 1 is 1.43 bits per heavy atom. The molecule has 0 atom stereocenters. The molecule has 0 aliphatic rings. The third-order valence-corrected chi connectivity index (χ3v) is 2.38. The summed E-state index contributed by atoms with van der Waals surface area (Å²) in [6.07, 6.45) is -1.26. The van der Waals surface area contributed by atoms with Crippen molar-refractivity contribution in [2.24, 2.45) is 0 Å². The first-order chi connectivity index (χ1) is 6.53. The summed E-state index contributed by atoms with van der Waals surface area (Å²) in [5, 5.41) is 0.439. The quantitative estimate of drug-likeness (QED) is 0.745. The van der Waals surface area contributed by atoms with Gasteiger partial charge in [-0.2, -0.15) is 13.2 Å². The lowest BCUT2D eigenvalue weighted by molar-refractivity contribution is -0.122. The van der Waals surface area contributed by atoms with Gasteiger partial charge in [0.15, 0.2) is 0 Å². The van der Waals surface area contributed by atoms with Gasteiger partial charge in [-0.1, -0.05) is 13.0 Å². The van der Waals surface area contributed by atoms with Crippen LogP contribution in [0.1, 0.15) is 19.8 Å². The summed E-state index contributed by atoms with van der Waals surface area (Å²) in [6.45, 7) is 1.94. The Kier molecular flexibility index (Phi) is 3.69. The second-order valence-corrected chi connectivity index (χ2v) is 3.62. The van der Waals surface area contributed by atoms with E-state index < -0.39 is 12.6 Å². The van der Waals surface area contributed by atoms with Gasteiger partial charge in [0, 0.05) is 4.53 Å². The van der Waals surface area contributed by atoms with Crippen LogP contribution in [0.2, 0.25) is 0 Å². The molecule has 1 nitrogen and oxygen atoms in total. The molecule has 1 rings (SSSR count). The topological polar surface area (TPSA) is 12.9 Å². The average molecular weight is 221 g/mol. The maximum atomic E-state index is 11.9. The van der Waals surface area contributed by atoms with Gasteiger partial charge in [0.2, 0.25) is 0 Å². The highest BCUT2D eigenvalue weighted by molar-refractivity contribution is 7.07. The van der Waals surface area contributed by atoms with E-state index in [1.165, 1.54) is 11.3 Å². The Bertz CT molecular complexity index is 391. The minimum absolute atomic E-state index is 0.439. The normalized spacial score (nSPS) is 15.1. The van der Waals surface area contributed by atoms with E-state index in [2.05, 4.69) is 4.98 Å². The van der Waals surface area contributed by atoms with Gasteiger partial charge in [-0.3, -0.25) is 0 Å². The number of nitrogens with zero attached hydrogens (tertiary/aromatic N) is 1. The molecule has 78 valence electrons. The van der Waals surface area contributed by atoms with Crippen LogP contribution >= 0.6 is 11.3 Å². The van der Waals surface area contributed by atoms with Gasteiger partial charge in [-0.15, -0.1) is 11.3 Å². The average Bonchev–Trinajstić information content (AvgIpc) is 2.48. The summed E-state index contributed by atoms with van der Waals surface area (Å²) in [4.78, 5) is 3.87. The number of halogens is 3. The zero-order chi connectivity index (χ0) is 10.6. The van der Waals surface area contributed by atoms with Crippen LogP contribution in [0.4, 0.5) is 13.2 Å². The van der Waals surface area contributed by atoms with Crippen molar-refractivity contribution in [3.63, 3.8) is 0 Å². The maximum Gasteiger partial charge on any atom is 0.392 e. The monoisotopic (exact) mass is 221 g/mol. The molecule has 0 unspecified atom stereocenters. The van der Waals surface area contributed by atoms with Crippen LogP contribution < -0.4 is 9.88 Å². The molecule has 0 spiro atoms. The summed E-state index contributed by atoms with van der Waals surface area (Å²) < 4.78 is 36.5. The maximum absolute atomic E-state index is 11.9. The van der Waals surface area contributed by atoms with E-state index in [9.17, 15) is 13.2 Å². The second kappa shape index (κ2) is 4.59. The summed E-state index contributed by atoms with van der Waals surface area (Å²) in [5.41, 5.74) is 1.56. The number of aromatic nitrogens is 1. The Balaban J connectivity index is 2.96. The van der Waals surface area contributed by atoms with Crippen molar-refractivity contribution in [3.8, 4) is 0 Å². The lowest BCUT2D eigenvalue weighted by Crippen LogP contribution is -2.22. The van der Waals surface area contributed by atoms with Crippen molar-refractivity contribution in [1.29, 1.82) is 0 Å². The number of rotatable bonds is 2. The minimum atomic E-state index is -4.15. The predicted molar refractivity (Wildman–Crippen MR) is 51.3 cm³/mol. The number of hydrogen-bond donors (Lipinski definition) is 0. The molecule has 0 aromatic carbocycles. The summed E-state index contributed by atoms with van der Waals surface area (Å²) in [5.74, 6) is 0. The van der Waals surface area contributed by atoms with Crippen LogP contribution in [0.25, 0.3) is 12.2 Å². The first-order valence-electron chi connectivity index (χ1n) is 4.19. The predicted octanol–water partition coefficient (Wildman–Crippen LogP) is 2.07. The fraction of sp³-hybridized carbons (Fsp3) is 0.444. The van der Waals surface area contributed by atoms with E-state index >= 15 is 0 Å². The number of alkyl halides is 3. The van der Waals surface area contributed by atoms with E-state index in [-0.39, 0.29) is 0 Å². The molecule has 0 saturated heterocycles. The molecule has 0 fully saturated rings. The number of hydrogen-bond acceptors (Lipinski definition) is 2. The molecule has 0 aliphatic carbocycles. The van der Waals surface area contributed by atoms with Gasteiger partial charge < -0.3 is 0 Å². The van der Waals surface area contributed by atoms with Gasteiger partial charge in [-0.25, -0.2) is 4.98 Å². The SMILES string of the molecule is CC/C=c1/scn/c1=C/CC(F)(F)F. The smallest absolute Gasteiger partial charge is 0.245 e. The fourth-order valence-corrected chi connectivity index (χ4v) is 1.77. The Morgan fingerprint density at radius 2 is 2.14 bits per heavy atom. The van der Waals surface area contributed by atoms with Crippen molar-refractivity contribution in [2.75, 3.05) is 0 Å². The molecule has 0 saturated carbocycles. The standard InChI is InChI=1S/C9H10F3NS/c1-2-3-8-7(13-6-14-8)4-5-9(10,11)12/h3-4,6H,2,5H2,1H3/b7-4+,8-3+. The molecule has 5 heteroatoms. The van der Waals surface area contributed by atoms with Gasteiger partial charge in [-0.05, 0) is 12.5 Å². The van der Waals surface area contributed by atoms with Crippen LogP contribution in [0.3, 0.4) is 0 Å². The second-order valence-electron chi connectivity index (χ2n) is 2.74. The van der Waals surface area contributed by atoms with Gasteiger partial charge in [0.25, 0.3) is 0 Å². The molecule has 1 heterocycles. The first kappa shape index (κ1) is 11.2. The highest BCUT2D eigenvalue weighted by Crippen LogP contribution is 2.19. The zero-order valence-electron chi connectivity index (χ0n) is 7.64. The molecule has 0 N–H and O–H groups in total. The highest BCUT2D eigenvalue weighted by Gasteiger charge is 2.24. The van der Waals surface area contributed by atoms with Gasteiger partial charge >= 0.3 is 6.18 Å². The van der Waals surface area contributed by atoms with Crippen LogP contribution in [0, 0.1) is 0 Å². The van der Waals surface area contributed by atoms with Crippen LogP contribution in [-0.2, 0) is 0 Å². The van der Waals surface area contributed by atoms with E-state index in [1.54, 1.807) is 5.51 Å². The molecule has 1 aromatic heterocycles. The molecule has 14 heavy (non-hydrogen) atoms. The molecule has 0 aliphatic heterocycles. The van der Waals surface area contributed by atoms with Crippen LogP contribution in [0.15, 0.2) is 5.51 Å². The van der Waals surface area contributed by atoms with Gasteiger partial charge in [0.1, 0.15) is 0 Å². The van der Waals surface area contributed by atoms with Crippen molar-refractivity contribution >= 4 is 23.5 Å². The minimum Gasteiger partial charge on any atom is -0.245 e. The van der Waals surface area contributed by atoms with E-state index in [0.717, 1.165) is 17.0 Å². The van der Waals surface area contributed by atoms with E-state index in [4.69, 9.17) is 0 Å². The van der Waals surface area contributed by atoms with Gasteiger partial charge in [0.05, 0.1) is 17.3 Å². The lowest BCUT2D eigenvalue weighted by Gasteiger charge is -1.98. The van der Waals surface area contributed by atoms with Crippen molar-refractivity contribution in [1.82, 2.24) is 4.98 Å². The first-order valence-corrected chi connectivity index (χ1v) is 5.07. The molecular weight excluding hydrogens is 211 g/mol. The van der Waals surface area contributed by atoms with Crippen molar-refractivity contribution in [2.45, 2.75) is 25.9 Å². The largest absolute Gasteiger partial charge is 0.392 e. The third-order valence-electron chi connectivity index (χ3n) is 1.54. The van der Waals surface area contributed by atoms with Crippen LogP contribution in [-0.4, -0.2) is 11.2 Å². The van der Waals surface area contributed by atoms with Crippen molar-refractivity contribution in [3.05, 3.63) is 15.4 Å².